The van der Waals surface area contributed by atoms with Gasteiger partial charge in [0.15, 0.2) is 0 Å². The van der Waals surface area contributed by atoms with Crippen LogP contribution in [0.4, 0.5) is 5.82 Å². The van der Waals surface area contributed by atoms with Gasteiger partial charge in [-0.25, -0.2) is 9.97 Å². The number of nitrogens with one attached hydrogen (secondary N) is 1. The van der Waals surface area contributed by atoms with Crippen LogP contribution in [0.3, 0.4) is 0 Å². The smallest absolute Gasteiger partial charge is 0.228 e. The lowest BCUT2D eigenvalue weighted by Gasteiger charge is -2.20. The van der Waals surface area contributed by atoms with Gasteiger partial charge in [0.2, 0.25) is 11.2 Å². The fourth-order valence-electron chi connectivity index (χ4n) is 2.00. The van der Waals surface area contributed by atoms with Crippen molar-refractivity contribution in [1.29, 1.82) is 0 Å². The number of hydrogen-bond acceptors (Lipinski definition) is 3. The Bertz CT molecular complexity index is 377. The Hall–Kier alpha value is -1.16. The molecule has 1 aliphatic carbocycles. The van der Waals surface area contributed by atoms with E-state index in [1.165, 1.54) is 12.6 Å². The molecule has 1 N–H and O–H groups in total. The van der Waals surface area contributed by atoms with Crippen LogP contribution >= 0.6 is 11.6 Å². The molecule has 0 aromatic carbocycles. The predicted octanol–water partition coefficient (Wildman–Crippen LogP) is 2.65. The SMILES string of the molecule is O=C(Nc1ccnc(Cl)n1)C1CCCCC1. The van der Waals surface area contributed by atoms with Crippen LogP contribution in [-0.4, -0.2) is 15.9 Å². The highest BCUT2D eigenvalue weighted by Gasteiger charge is 2.21. The average Bonchev–Trinajstić information content (AvgIpc) is 2.30. The maximum absolute atomic E-state index is 11.9. The maximum Gasteiger partial charge on any atom is 0.228 e. The van der Waals surface area contributed by atoms with Crippen molar-refractivity contribution in [2.75, 3.05) is 5.32 Å². The summed E-state index contributed by atoms with van der Waals surface area (Å²) in [5.74, 6) is 0.660. The molecule has 0 saturated heterocycles. The predicted molar refractivity (Wildman–Crippen MR) is 62.2 cm³/mol. The Kier molecular flexibility index (Phi) is 3.72. The van der Waals surface area contributed by atoms with Crippen LogP contribution in [0.25, 0.3) is 0 Å². The van der Waals surface area contributed by atoms with Gasteiger partial charge in [-0.15, -0.1) is 0 Å². The van der Waals surface area contributed by atoms with Gasteiger partial charge in [-0.1, -0.05) is 19.3 Å². The number of carbonyl (C=O) groups is 1. The first-order valence-corrected chi connectivity index (χ1v) is 5.93. The van der Waals surface area contributed by atoms with E-state index in [1.807, 2.05) is 0 Å². The molecule has 0 radical (unpaired) electrons. The quantitative estimate of drug-likeness (QED) is 0.808. The third-order valence-electron chi connectivity index (χ3n) is 2.85. The number of amides is 1. The zero-order chi connectivity index (χ0) is 11.4. The van der Waals surface area contributed by atoms with Crippen LogP contribution < -0.4 is 5.32 Å². The molecule has 86 valence electrons. The van der Waals surface area contributed by atoms with Gasteiger partial charge in [0.05, 0.1) is 0 Å². The fraction of sp³-hybridized carbons (Fsp3) is 0.545. The van der Waals surface area contributed by atoms with Crippen molar-refractivity contribution in [3.8, 4) is 0 Å². The molecule has 0 spiro atoms. The molecule has 1 heterocycles. The Balaban J connectivity index is 1.96. The highest BCUT2D eigenvalue weighted by atomic mass is 35.5. The van der Waals surface area contributed by atoms with Gasteiger partial charge in [0.25, 0.3) is 0 Å². The van der Waals surface area contributed by atoms with Gasteiger partial charge in [-0.05, 0) is 30.5 Å². The highest BCUT2D eigenvalue weighted by Crippen LogP contribution is 2.24. The van der Waals surface area contributed by atoms with Crippen molar-refractivity contribution in [1.82, 2.24) is 9.97 Å². The molecule has 1 aromatic rings. The maximum atomic E-state index is 11.9. The highest BCUT2D eigenvalue weighted by molar-refractivity contribution is 6.28. The van der Waals surface area contributed by atoms with E-state index in [1.54, 1.807) is 6.07 Å². The molecule has 5 heteroatoms. The molecule has 1 fully saturated rings. The largest absolute Gasteiger partial charge is 0.310 e. The summed E-state index contributed by atoms with van der Waals surface area (Å²) < 4.78 is 0. The number of anilines is 1. The molecule has 2 rings (SSSR count). The molecule has 1 aliphatic rings. The van der Waals surface area contributed by atoms with E-state index in [-0.39, 0.29) is 17.1 Å². The number of rotatable bonds is 2. The summed E-state index contributed by atoms with van der Waals surface area (Å²) in [6, 6.07) is 1.65. The van der Waals surface area contributed by atoms with Crippen LogP contribution in [0.1, 0.15) is 32.1 Å². The molecule has 16 heavy (non-hydrogen) atoms. The lowest BCUT2D eigenvalue weighted by Crippen LogP contribution is -2.25. The van der Waals surface area contributed by atoms with E-state index in [2.05, 4.69) is 15.3 Å². The van der Waals surface area contributed by atoms with E-state index in [9.17, 15) is 4.79 Å². The van der Waals surface area contributed by atoms with Crippen LogP contribution in [0.15, 0.2) is 12.3 Å². The van der Waals surface area contributed by atoms with Gasteiger partial charge in [0.1, 0.15) is 5.82 Å². The molecular weight excluding hydrogens is 226 g/mol. The van der Waals surface area contributed by atoms with Crippen molar-refractivity contribution in [3.63, 3.8) is 0 Å². The lowest BCUT2D eigenvalue weighted by molar-refractivity contribution is -0.120. The molecule has 0 atom stereocenters. The minimum Gasteiger partial charge on any atom is -0.310 e. The standard InChI is InChI=1S/C11H14ClN3O/c12-11-13-7-6-9(15-11)14-10(16)8-4-2-1-3-5-8/h6-8H,1-5H2,(H,13,14,15,16). The van der Waals surface area contributed by atoms with Gasteiger partial charge in [-0.2, -0.15) is 0 Å². The third-order valence-corrected chi connectivity index (χ3v) is 3.04. The third kappa shape index (κ3) is 2.92. The minimum atomic E-state index is 0.0504. The van der Waals surface area contributed by atoms with Crippen LogP contribution in [-0.2, 0) is 4.79 Å². The molecular formula is C11H14ClN3O. The fourth-order valence-corrected chi connectivity index (χ4v) is 2.14. The van der Waals surface area contributed by atoms with E-state index < -0.39 is 0 Å². The Labute approximate surface area is 99.4 Å². The first-order chi connectivity index (χ1) is 7.75. The Morgan fingerprint density at radius 1 is 1.38 bits per heavy atom. The van der Waals surface area contributed by atoms with Crippen LogP contribution in [0.5, 0.6) is 0 Å². The number of aromatic nitrogens is 2. The molecule has 0 unspecified atom stereocenters. The van der Waals surface area contributed by atoms with Gasteiger partial charge in [-0.3, -0.25) is 4.79 Å². The van der Waals surface area contributed by atoms with Crippen molar-refractivity contribution < 1.29 is 4.79 Å². The van der Waals surface area contributed by atoms with E-state index in [0.717, 1.165) is 25.7 Å². The lowest BCUT2D eigenvalue weighted by atomic mass is 9.89. The second-order valence-electron chi connectivity index (χ2n) is 4.04. The summed E-state index contributed by atoms with van der Waals surface area (Å²) in [6.45, 7) is 0. The monoisotopic (exact) mass is 239 g/mol. The summed E-state index contributed by atoms with van der Waals surface area (Å²) in [7, 11) is 0. The first-order valence-electron chi connectivity index (χ1n) is 5.55. The topological polar surface area (TPSA) is 54.9 Å². The summed E-state index contributed by atoms with van der Waals surface area (Å²) >= 11 is 5.64. The Morgan fingerprint density at radius 3 is 2.81 bits per heavy atom. The number of halogens is 1. The Morgan fingerprint density at radius 2 is 2.12 bits per heavy atom. The second-order valence-corrected chi connectivity index (χ2v) is 4.37. The van der Waals surface area contributed by atoms with Gasteiger partial charge in [0, 0.05) is 12.1 Å². The molecule has 0 aliphatic heterocycles. The summed E-state index contributed by atoms with van der Waals surface area (Å²) in [4.78, 5) is 19.6. The van der Waals surface area contributed by atoms with E-state index in [4.69, 9.17) is 11.6 Å². The van der Waals surface area contributed by atoms with Crippen molar-refractivity contribution in [2.24, 2.45) is 5.92 Å². The van der Waals surface area contributed by atoms with Crippen molar-refractivity contribution in [2.45, 2.75) is 32.1 Å². The normalized spacial score (nSPS) is 17.1. The first kappa shape index (κ1) is 11.3. The second kappa shape index (κ2) is 5.25. The minimum absolute atomic E-state index is 0.0504. The molecule has 1 saturated carbocycles. The zero-order valence-corrected chi connectivity index (χ0v) is 9.70. The van der Waals surface area contributed by atoms with Gasteiger partial charge < -0.3 is 5.32 Å². The average molecular weight is 240 g/mol. The summed E-state index contributed by atoms with van der Waals surface area (Å²) in [6.07, 6.45) is 7.01. The van der Waals surface area contributed by atoms with Crippen LogP contribution in [0, 0.1) is 5.92 Å². The van der Waals surface area contributed by atoms with Crippen LogP contribution in [0.2, 0.25) is 5.28 Å². The number of hydrogen-bond donors (Lipinski definition) is 1. The summed E-state index contributed by atoms with van der Waals surface area (Å²) in [5, 5.41) is 2.93. The molecule has 0 bridgehead atoms. The summed E-state index contributed by atoms with van der Waals surface area (Å²) in [5.41, 5.74) is 0. The van der Waals surface area contributed by atoms with Crippen molar-refractivity contribution in [3.05, 3.63) is 17.5 Å². The van der Waals surface area contributed by atoms with Crippen molar-refractivity contribution >= 4 is 23.3 Å². The molecule has 4 nitrogen and oxygen atoms in total. The van der Waals surface area contributed by atoms with Gasteiger partial charge >= 0.3 is 0 Å². The molecule has 1 aromatic heterocycles. The van der Waals surface area contributed by atoms with E-state index >= 15 is 0 Å². The zero-order valence-electron chi connectivity index (χ0n) is 8.95. The van der Waals surface area contributed by atoms with E-state index in [0.29, 0.717) is 5.82 Å². The number of carbonyl (C=O) groups excluding carboxylic acids is 1. The molecule has 1 amide bonds. The number of nitrogens with zero attached hydrogens (tertiary/aromatic N) is 2.